The van der Waals surface area contributed by atoms with E-state index in [1.54, 1.807) is 30.3 Å². The lowest BCUT2D eigenvalue weighted by Crippen LogP contribution is -1.89. The topological polar surface area (TPSA) is 39.2 Å². The van der Waals surface area contributed by atoms with Gasteiger partial charge in [-0.15, -0.1) is 0 Å². The number of carbonyl (C=O) groups excluding carboxylic acids is 1. The number of pyridine rings is 1. The van der Waals surface area contributed by atoms with Gasteiger partial charge < -0.3 is 4.74 Å². The summed E-state index contributed by atoms with van der Waals surface area (Å²) < 4.78 is 5.44. The molecule has 0 aliphatic rings. The standard InChI is InChI=1S/C12H7Cl2NO2/c13-9-3-10(14)5-11(4-9)17-12-2-1-8(7-16)6-15-12/h1-7H. The molecule has 0 radical (unpaired) electrons. The highest BCUT2D eigenvalue weighted by molar-refractivity contribution is 6.34. The normalized spacial score (nSPS) is 10.0. The van der Waals surface area contributed by atoms with E-state index < -0.39 is 0 Å². The van der Waals surface area contributed by atoms with Crippen molar-refractivity contribution in [2.75, 3.05) is 0 Å². The fourth-order valence-corrected chi connectivity index (χ4v) is 1.74. The van der Waals surface area contributed by atoms with Crippen molar-refractivity contribution in [2.45, 2.75) is 0 Å². The second-order valence-corrected chi connectivity index (χ2v) is 4.13. The first kappa shape index (κ1) is 11.9. The third-order valence-corrected chi connectivity index (χ3v) is 2.39. The average molecular weight is 268 g/mol. The number of ether oxygens (including phenoxy) is 1. The van der Waals surface area contributed by atoms with Crippen LogP contribution >= 0.6 is 23.2 Å². The lowest BCUT2D eigenvalue weighted by Gasteiger charge is -2.05. The maximum atomic E-state index is 10.4. The molecule has 0 unspecified atom stereocenters. The van der Waals surface area contributed by atoms with Crippen LogP contribution in [0.3, 0.4) is 0 Å². The Labute approximate surface area is 108 Å². The summed E-state index contributed by atoms with van der Waals surface area (Å²) in [6.45, 7) is 0. The minimum Gasteiger partial charge on any atom is -0.439 e. The Morgan fingerprint density at radius 3 is 2.35 bits per heavy atom. The van der Waals surface area contributed by atoms with Crippen LogP contribution in [0.4, 0.5) is 0 Å². The van der Waals surface area contributed by atoms with E-state index in [1.807, 2.05) is 0 Å². The van der Waals surface area contributed by atoms with Gasteiger partial charge in [-0.2, -0.15) is 0 Å². The van der Waals surface area contributed by atoms with Gasteiger partial charge >= 0.3 is 0 Å². The molecule has 0 atom stereocenters. The number of hydrogen-bond acceptors (Lipinski definition) is 3. The van der Waals surface area contributed by atoms with Crippen molar-refractivity contribution in [3.8, 4) is 11.6 Å². The van der Waals surface area contributed by atoms with Gasteiger partial charge in [0.2, 0.25) is 5.88 Å². The molecule has 86 valence electrons. The van der Waals surface area contributed by atoms with Gasteiger partial charge in [-0.25, -0.2) is 4.98 Å². The van der Waals surface area contributed by atoms with E-state index in [0.29, 0.717) is 33.5 Å². The summed E-state index contributed by atoms with van der Waals surface area (Å²) in [5.74, 6) is 0.864. The number of rotatable bonds is 3. The first-order chi connectivity index (χ1) is 8.17. The minimum atomic E-state index is 0.369. The minimum absolute atomic E-state index is 0.369. The number of aromatic nitrogens is 1. The molecule has 0 amide bonds. The highest BCUT2D eigenvalue weighted by atomic mass is 35.5. The molecule has 0 saturated carbocycles. The number of nitrogens with zero attached hydrogens (tertiary/aromatic N) is 1. The van der Waals surface area contributed by atoms with Gasteiger partial charge in [-0.05, 0) is 24.3 Å². The van der Waals surface area contributed by atoms with Gasteiger partial charge in [0, 0.05) is 27.9 Å². The summed E-state index contributed by atoms with van der Waals surface area (Å²) in [5, 5.41) is 0.967. The first-order valence-electron chi connectivity index (χ1n) is 4.72. The second kappa shape index (κ2) is 5.17. The Bertz CT molecular complexity index is 520. The molecule has 17 heavy (non-hydrogen) atoms. The summed E-state index contributed by atoms with van der Waals surface area (Å²) in [4.78, 5) is 14.4. The zero-order chi connectivity index (χ0) is 12.3. The van der Waals surface area contributed by atoms with Crippen LogP contribution in [0.2, 0.25) is 10.0 Å². The van der Waals surface area contributed by atoms with E-state index in [2.05, 4.69) is 4.98 Å². The van der Waals surface area contributed by atoms with Gasteiger partial charge in [-0.3, -0.25) is 4.79 Å². The predicted molar refractivity (Wildman–Crippen MR) is 66.2 cm³/mol. The Morgan fingerprint density at radius 1 is 1.12 bits per heavy atom. The van der Waals surface area contributed by atoms with Crippen LogP contribution in [0.5, 0.6) is 11.6 Å². The van der Waals surface area contributed by atoms with Crippen molar-refractivity contribution < 1.29 is 9.53 Å². The van der Waals surface area contributed by atoms with Crippen LogP contribution in [-0.4, -0.2) is 11.3 Å². The van der Waals surface area contributed by atoms with Crippen LogP contribution in [-0.2, 0) is 0 Å². The van der Waals surface area contributed by atoms with Crippen LogP contribution in [0.15, 0.2) is 36.5 Å². The SMILES string of the molecule is O=Cc1ccc(Oc2cc(Cl)cc(Cl)c2)nc1. The highest BCUT2D eigenvalue weighted by Crippen LogP contribution is 2.27. The fourth-order valence-electron chi connectivity index (χ4n) is 1.23. The molecule has 0 aliphatic heterocycles. The maximum Gasteiger partial charge on any atom is 0.219 e. The van der Waals surface area contributed by atoms with Crippen LogP contribution < -0.4 is 4.74 Å². The Morgan fingerprint density at radius 2 is 1.82 bits per heavy atom. The number of benzene rings is 1. The van der Waals surface area contributed by atoms with Gasteiger partial charge in [-0.1, -0.05) is 23.2 Å². The van der Waals surface area contributed by atoms with E-state index in [0.717, 1.165) is 0 Å². The molecule has 1 aromatic heterocycles. The van der Waals surface area contributed by atoms with Crippen LogP contribution in [0, 0.1) is 0 Å². The summed E-state index contributed by atoms with van der Waals surface area (Å²) in [6, 6.07) is 8.07. The third kappa shape index (κ3) is 3.19. The van der Waals surface area contributed by atoms with Gasteiger partial charge in [0.25, 0.3) is 0 Å². The van der Waals surface area contributed by atoms with E-state index in [-0.39, 0.29) is 0 Å². The molecule has 1 heterocycles. The monoisotopic (exact) mass is 267 g/mol. The molecular formula is C12H7Cl2NO2. The van der Waals surface area contributed by atoms with Crippen LogP contribution in [0.1, 0.15) is 10.4 Å². The van der Waals surface area contributed by atoms with Crippen molar-refractivity contribution in [2.24, 2.45) is 0 Å². The summed E-state index contributed by atoms with van der Waals surface area (Å²) in [5.41, 5.74) is 0.487. The molecule has 0 bridgehead atoms. The number of carbonyl (C=O) groups is 1. The Balaban J connectivity index is 2.21. The van der Waals surface area contributed by atoms with Crippen molar-refractivity contribution in [1.82, 2.24) is 4.98 Å². The molecule has 0 N–H and O–H groups in total. The highest BCUT2D eigenvalue weighted by Gasteiger charge is 2.02. The van der Waals surface area contributed by atoms with Crippen molar-refractivity contribution >= 4 is 29.5 Å². The maximum absolute atomic E-state index is 10.4. The first-order valence-corrected chi connectivity index (χ1v) is 5.48. The summed E-state index contributed by atoms with van der Waals surface area (Å²) in [7, 11) is 0. The molecular weight excluding hydrogens is 261 g/mol. The summed E-state index contributed by atoms with van der Waals surface area (Å²) in [6.07, 6.45) is 2.14. The van der Waals surface area contributed by atoms with E-state index in [4.69, 9.17) is 27.9 Å². The average Bonchev–Trinajstić information content (AvgIpc) is 2.28. The van der Waals surface area contributed by atoms with Crippen molar-refractivity contribution in [1.29, 1.82) is 0 Å². The predicted octanol–water partition coefficient (Wildman–Crippen LogP) is 3.99. The van der Waals surface area contributed by atoms with Gasteiger partial charge in [0.1, 0.15) is 5.75 Å². The second-order valence-electron chi connectivity index (χ2n) is 3.25. The molecule has 0 saturated heterocycles. The van der Waals surface area contributed by atoms with Crippen molar-refractivity contribution in [3.05, 3.63) is 52.1 Å². The zero-order valence-corrected chi connectivity index (χ0v) is 10.1. The number of hydrogen-bond donors (Lipinski definition) is 0. The lowest BCUT2D eigenvalue weighted by molar-refractivity contribution is 0.112. The van der Waals surface area contributed by atoms with E-state index in [1.165, 1.54) is 6.20 Å². The molecule has 3 nitrogen and oxygen atoms in total. The van der Waals surface area contributed by atoms with E-state index in [9.17, 15) is 4.79 Å². The van der Waals surface area contributed by atoms with Gasteiger partial charge in [0.05, 0.1) is 0 Å². The molecule has 2 rings (SSSR count). The third-order valence-electron chi connectivity index (χ3n) is 1.95. The lowest BCUT2D eigenvalue weighted by atomic mass is 10.3. The quantitative estimate of drug-likeness (QED) is 0.790. The smallest absolute Gasteiger partial charge is 0.219 e. The summed E-state index contributed by atoms with van der Waals surface area (Å²) >= 11 is 11.7. The van der Waals surface area contributed by atoms with Crippen LogP contribution in [0.25, 0.3) is 0 Å². The molecule has 0 spiro atoms. The Hall–Kier alpha value is -1.58. The van der Waals surface area contributed by atoms with E-state index >= 15 is 0 Å². The number of halogens is 2. The van der Waals surface area contributed by atoms with Crippen molar-refractivity contribution in [3.63, 3.8) is 0 Å². The zero-order valence-electron chi connectivity index (χ0n) is 8.56. The molecule has 0 fully saturated rings. The number of aldehydes is 1. The Kier molecular flexibility index (Phi) is 3.61. The molecule has 0 aliphatic carbocycles. The largest absolute Gasteiger partial charge is 0.439 e. The van der Waals surface area contributed by atoms with Gasteiger partial charge in [0.15, 0.2) is 6.29 Å². The molecule has 1 aromatic carbocycles. The molecule has 5 heteroatoms. The fraction of sp³-hybridized carbons (Fsp3) is 0. The molecule has 2 aromatic rings.